The zero-order chi connectivity index (χ0) is 5.11. The first kappa shape index (κ1) is 4.96. The van der Waals surface area contributed by atoms with Crippen LogP contribution in [0.1, 0.15) is 0 Å². The lowest BCUT2D eigenvalue weighted by atomic mass is 10.7. The van der Waals surface area contributed by atoms with Gasteiger partial charge in [-0.3, -0.25) is 4.84 Å². The van der Waals surface area contributed by atoms with Crippen LogP contribution in [0.2, 0.25) is 0 Å². The van der Waals surface area contributed by atoms with Crippen molar-refractivity contribution in [2.24, 2.45) is 0 Å². The van der Waals surface area contributed by atoms with E-state index in [0.29, 0.717) is 13.3 Å². The van der Waals surface area contributed by atoms with Crippen LogP contribution in [0.5, 0.6) is 0 Å². The zero-order valence-corrected chi connectivity index (χ0v) is 4.55. The van der Waals surface area contributed by atoms with Gasteiger partial charge < -0.3 is 5.32 Å². The number of hydroxylamine groups is 1. The summed E-state index contributed by atoms with van der Waals surface area (Å²) in [6.45, 7) is 1.12. The molecule has 1 fully saturated rings. The minimum atomic E-state index is 0.495. The maximum absolute atomic E-state index is 4.73. The van der Waals surface area contributed by atoms with Crippen LogP contribution in [0.15, 0.2) is 0 Å². The number of hydrogen-bond acceptors (Lipinski definition) is 3. The van der Waals surface area contributed by atoms with E-state index in [-0.39, 0.29) is 0 Å². The summed E-state index contributed by atoms with van der Waals surface area (Å²) in [5.74, 6) is 0. The molecule has 0 aromatic heterocycles. The van der Waals surface area contributed by atoms with Crippen LogP contribution in [0.4, 0.5) is 0 Å². The summed E-state index contributed by atoms with van der Waals surface area (Å²) in [7, 11) is 0. The highest BCUT2D eigenvalue weighted by molar-refractivity contribution is 7.80. The quantitative estimate of drug-likeness (QED) is 0.416. The van der Waals surface area contributed by atoms with Gasteiger partial charge in [-0.2, -0.15) is 5.48 Å². The SMILES string of the molecule is S=C1CONCN1. The first-order valence-corrected chi connectivity index (χ1v) is 2.42. The highest BCUT2D eigenvalue weighted by Crippen LogP contribution is 1.77. The number of rotatable bonds is 0. The van der Waals surface area contributed by atoms with Crippen molar-refractivity contribution in [1.82, 2.24) is 10.8 Å². The molecule has 0 atom stereocenters. The molecule has 0 bridgehead atoms. The minimum absolute atomic E-state index is 0.495. The van der Waals surface area contributed by atoms with Crippen molar-refractivity contribution in [2.45, 2.75) is 0 Å². The van der Waals surface area contributed by atoms with Gasteiger partial charge in [0.15, 0.2) is 0 Å². The molecule has 1 rings (SSSR count). The number of hydrogen-bond donors (Lipinski definition) is 2. The summed E-state index contributed by atoms with van der Waals surface area (Å²) in [5.41, 5.74) is 2.62. The summed E-state index contributed by atoms with van der Waals surface area (Å²) in [4.78, 5) is 5.49. The van der Waals surface area contributed by atoms with Crippen molar-refractivity contribution in [1.29, 1.82) is 0 Å². The predicted molar refractivity (Wildman–Crippen MR) is 29.7 cm³/mol. The zero-order valence-electron chi connectivity index (χ0n) is 3.73. The van der Waals surface area contributed by atoms with Crippen molar-refractivity contribution >= 4 is 17.2 Å². The predicted octanol–water partition coefficient (Wildman–Crippen LogP) is -0.604. The fourth-order valence-electron chi connectivity index (χ4n) is 0.353. The lowest BCUT2D eigenvalue weighted by Gasteiger charge is -2.14. The van der Waals surface area contributed by atoms with E-state index in [4.69, 9.17) is 17.1 Å². The lowest BCUT2D eigenvalue weighted by molar-refractivity contribution is 0.0538. The number of thiocarbonyl (C=S) groups is 1. The van der Waals surface area contributed by atoms with E-state index >= 15 is 0 Å². The molecule has 0 spiro atoms. The Hall–Kier alpha value is -0.190. The third-order valence-electron chi connectivity index (χ3n) is 0.663. The fraction of sp³-hybridized carbons (Fsp3) is 0.667. The molecule has 0 saturated carbocycles. The summed E-state index contributed by atoms with van der Waals surface area (Å²) in [6, 6.07) is 0. The molecule has 7 heavy (non-hydrogen) atoms. The van der Waals surface area contributed by atoms with Crippen LogP contribution in [0.25, 0.3) is 0 Å². The Labute approximate surface area is 47.0 Å². The van der Waals surface area contributed by atoms with E-state index in [2.05, 4.69) is 10.8 Å². The van der Waals surface area contributed by atoms with Crippen LogP contribution in [-0.4, -0.2) is 18.3 Å². The molecule has 2 N–H and O–H groups in total. The molecule has 0 radical (unpaired) electrons. The highest BCUT2D eigenvalue weighted by Gasteiger charge is 1.99. The topological polar surface area (TPSA) is 33.3 Å². The van der Waals surface area contributed by atoms with Crippen molar-refractivity contribution < 1.29 is 4.84 Å². The van der Waals surface area contributed by atoms with Crippen LogP contribution in [0, 0.1) is 0 Å². The second-order valence-electron chi connectivity index (χ2n) is 1.21. The third-order valence-corrected chi connectivity index (χ3v) is 0.925. The Balaban J connectivity index is 2.25. The van der Waals surface area contributed by atoms with Crippen LogP contribution in [0.3, 0.4) is 0 Å². The smallest absolute Gasteiger partial charge is 0.118 e. The van der Waals surface area contributed by atoms with E-state index in [1.807, 2.05) is 0 Å². The largest absolute Gasteiger partial charge is 0.363 e. The second-order valence-corrected chi connectivity index (χ2v) is 1.70. The Morgan fingerprint density at radius 2 is 2.57 bits per heavy atom. The standard InChI is InChI=1S/C3H6N2OS/c7-3-1-6-5-2-4-3/h5H,1-2H2,(H,4,7). The van der Waals surface area contributed by atoms with Crippen LogP contribution >= 0.6 is 12.2 Å². The Morgan fingerprint density at radius 1 is 1.71 bits per heavy atom. The maximum atomic E-state index is 4.73. The van der Waals surface area contributed by atoms with Gasteiger partial charge in [-0.05, 0) is 0 Å². The normalized spacial score (nSPS) is 21.4. The summed E-state index contributed by atoms with van der Waals surface area (Å²) in [5, 5.41) is 2.88. The first-order chi connectivity index (χ1) is 3.39. The monoisotopic (exact) mass is 118 g/mol. The molecule has 1 heterocycles. The van der Waals surface area contributed by atoms with Crippen LogP contribution < -0.4 is 10.8 Å². The van der Waals surface area contributed by atoms with E-state index < -0.39 is 0 Å². The van der Waals surface area contributed by atoms with Gasteiger partial charge in [-0.1, -0.05) is 12.2 Å². The molecule has 0 aliphatic carbocycles. The average molecular weight is 118 g/mol. The van der Waals surface area contributed by atoms with Gasteiger partial charge in [-0.25, -0.2) is 0 Å². The molecule has 0 aromatic carbocycles. The van der Waals surface area contributed by atoms with Crippen molar-refractivity contribution in [3.63, 3.8) is 0 Å². The van der Waals surface area contributed by atoms with Gasteiger partial charge in [0.2, 0.25) is 0 Å². The van der Waals surface area contributed by atoms with Gasteiger partial charge in [0.1, 0.15) is 11.6 Å². The summed E-state index contributed by atoms with van der Waals surface area (Å²) in [6.07, 6.45) is 0. The Kier molecular flexibility index (Phi) is 1.56. The highest BCUT2D eigenvalue weighted by atomic mass is 32.1. The second kappa shape index (κ2) is 2.20. The molecule has 1 aliphatic heterocycles. The molecular weight excluding hydrogens is 112 g/mol. The molecule has 0 amide bonds. The van der Waals surface area contributed by atoms with Crippen molar-refractivity contribution in [2.75, 3.05) is 13.3 Å². The van der Waals surface area contributed by atoms with Gasteiger partial charge in [0, 0.05) is 0 Å². The van der Waals surface area contributed by atoms with Crippen LogP contribution in [-0.2, 0) is 4.84 Å². The van der Waals surface area contributed by atoms with Crippen molar-refractivity contribution in [3.8, 4) is 0 Å². The molecule has 0 unspecified atom stereocenters. The fourth-order valence-corrected chi connectivity index (χ4v) is 0.484. The molecular formula is C3H6N2OS. The van der Waals surface area contributed by atoms with Gasteiger partial charge >= 0.3 is 0 Å². The van der Waals surface area contributed by atoms with E-state index in [0.717, 1.165) is 4.99 Å². The van der Waals surface area contributed by atoms with Gasteiger partial charge in [-0.15, -0.1) is 0 Å². The summed E-state index contributed by atoms with van der Waals surface area (Å²) < 4.78 is 0. The molecule has 3 nitrogen and oxygen atoms in total. The van der Waals surface area contributed by atoms with E-state index in [1.54, 1.807) is 0 Å². The summed E-state index contributed by atoms with van der Waals surface area (Å²) >= 11 is 4.73. The minimum Gasteiger partial charge on any atom is -0.363 e. The van der Waals surface area contributed by atoms with E-state index in [1.165, 1.54) is 0 Å². The maximum Gasteiger partial charge on any atom is 0.118 e. The first-order valence-electron chi connectivity index (χ1n) is 2.01. The molecule has 1 aliphatic rings. The van der Waals surface area contributed by atoms with Crippen molar-refractivity contribution in [3.05, 3.63) is 0 Å². The lowest BCUT2D eigenvalue weighted by Crippen LogP contribution is -2.42. The van der Waals surface area contributed by atoms with E-state index in [9.17, 15) is 0 Å². The number of nitrogens with one attached hydrogen (secondary N) is 2. The van der Waals surface area contributed by atoms with Gasteiger partial charge in [0.05, 0.1) is 6.67 Å². The van der Waals surface area contributed by atoms with Gasteiger partial charge in [0.25, 0.3) is 0 Å². The average Bonchev–Trinajstić information content (AvgIpc) is 1.69. The third kappa shape index (κ3) is 1.38. The molecule has 4 heteroatoms. The molecule has 40 valence electrons. The molecule has 1 saturated heterocycles. The Bertz CT molecular complexity index is 77.0. The Morgan fingerprint density at radius 3 is 2.86 bits per heavy atom. The molecule has 0 aromatic rings.